The lowest BCUT2D eigenvalue weighted by Gasteiger charge is -2.32. The van der Waals surface area contributed by atoms with Gasteiger partial charge in [-0.2, -0.15) is 5.26 Å². The van der Waals surface area contributed by atoms with E-state index in [4.69, 9.17) is 5.26 Å². The minimum atomic E-state index is -0.148. The summed E-state index contributed by atoms with van der Waals surface area (Å²) in [6, 6.07) is 13.8. The number of aryl methyl sites for hydroxylation is 2. The molecular formula is C27H29N5O2. The molecule has 3 aromatic rings. The summed E-state index contributed by atoms with van der Waals surface area (Å²) in [5, 5.41) is 9.01. The molecule has 1 aromatic heterocycles. The number of piperidine rings is 1. The fourth-order valence-electron chi connectivity index (χ4n) is 4.56. The highest BCUT2D eigenvalue weighted by molar-refractivity contribution is 5.97. The Labute approximate surface area is 200 Å². The molecule has 1 aliphatic rings. The maximum atomic E-state index is 13.4. The Morgan fingerprint density at radius 3 is 2.38 bits per heavy atom. The molecule has 1 saturated heterocycles. The number of amides is 2. The highest BCUT2D eigenvalue weighted by Gasteiger charge is 2.26. The number of nitrogens with zero attached hydrogens (tertiary/aromatic N) is 4. The van der Waals surface area contributed by atoms with Crippen molar-refractivity contribution in [1.82, 2.24) is 19.8 Å². The van der Waals surface area contributed by atoms with Gasteiger partial charge in [0.2, 0.25) is 0 Å². The summed E-state index contributed by atoms with van der Waals surface area (Å²) in [7, 11) is 3.39. The number of hydrogen-bond donors (Lipinski definition) is 1. The second kappa shape index (κ2) is 9.52. The van der Waals surface area contributed by atoms with Gasteiger partial charge in [0.05, 0.1) is 17.8 Å². The number of benzene rings is 2. The second-order valence-corrected chi connectivity index (χ2v) is 9.13. The molecule has 2 amide bonds. The third-order valence-electron chi connectivity index (χ3n) is 6.56. The predicted molar refractivity (Wildman–Crippen MR) is 131 cm³/mol. The van der Waals surface area contributed by atoms with Gasteiger partial charge in [0, 0.05) is 38.3 Å². The molecular weight excluding hydrogens is 426 g/mol. The van der Waals surface area contributed by atoms with Gasteiger partial charge in [0.25, 0.3) is 11.8 Å². The van der Waals surface area contributed by atoms with Gasteiger partial charge in [0.15, 0.2) is 0 Å². The van der Waals surface area contributed by atoms with E-state index in [0.29, 0.717) is 41.7 Å². The molecule has 4 rings (SSSR count). The van der Waals surface area contributed by atoms with Gasteiger partial charge in [-0.05, 0) is 67.5 Å². The summed E-state index contributed by atoms with van der Waals surface area (Å²) in [5.74, 6) is 0.844. The molecule has 1 N–H and O–H groups in total. The minimum Gasteiger partial charge on any atom is -0.343 e. The van der Waals surface area contributed by atoms with Crippen LogP contribution in [0.5, 0.6) is 0 Å². The van der Waals surface area contributed by atoms with E-state index >= 15 is 0 Å². The van der Waals surface area contributed by atoms with Crippen molar-refractivity contribution in [3.05, 3.63) is 76.1 Å². The Morgan fingerprint density at radius 1 is 1.09 bits per heavy atom. The van der Waals surface area contributed by atoms with Crippen LogP contribution in [-0.2, 0) is 0 Å². The van der Waals surface area contributed by atoms with Gasteiger partial charge in [0.1, 0.15) is 11.5 Å². The molecule has 0 radical (unpaired) electrons. The first-order valence-corrected chi connectivity index (χ1v) is 11.5. The smallest absolute Gasteiger partial charge is 0.271 e. The van der Waals surface area contributed by atoms with E-state index in [1.54, 1.807) is 14.1 Å². The molecule has 0 aliphatic carbocycles. The van der Waals surface area contributed by atoms with Crippen LogP contribution in [0.1, 0.15) is 61.9 Å². The van der Waals surface area contributed by atoms with Crippen LogP contribution in [0.4, 0.5) is 0 Å². The molecule has 34 heavy (non-hydrogen) atoms. The molecule has 174 valence electrons. The first kappa shape index (κ1) is 23.2. The van der Waals surface area contributed by atoms with Crippen LogP contribution in [-0.4, -0.2) is 58.8 Å². The fraction of sp³-hybridized carbons (Fsp3) is 0.333. The molecule has 1 aliphatic heterocycles. The number of imidazole rings is 1. The SMILES string of the molecule is Cc1cc(C)c(-c2ncc(C(=O)N(C)C)[nH]2)cc1C(=O)N1CCC(c2ccc(C#N)cc2)CC1. The van der Waals surface area contributed by atoms with Gasteiger partial charge < -0.3 is 14.8 Å². The van der Waals surface area contributed by atoms with E-state index in [1.807, 2.05) is 55.1 Å². The van der Waals surface area contributed by atoms with Crippen LogP contribution >= 0.6 is 0 Å². The van der Waals surface area contributed by atoms with Gasteiger partial charge in [-0.15, -0.1) is 0 Å². The van der Waals surface area contributed by atoms with Gasteiger partial charge in [-0.1, -0.05) is 18.2 Å². The standard InChI is InChI=1S/C27H29N5O2/c1-17-13-18(2)23(14-22(17)25-29-16-24(30-25)27(34)31(3)4)26(33)32-11-9-21(10-12-32)20-7-5-19(15-28)6-8-20/h5-8,13-14,16,21H,9-12H2,1-4H3,(H,29,30). The monoisotopic (exact) mass is 455 g/mol. The van der Waals surface area contributed by atoms with E-state index < -0.39 is 0 Å². The number of hydrogen-bond acceptors (Lipinski definition) is 4. The molecule has 1 fully saturated rings. The van der Waals surface area contributed by atoms with Crippen LogP contribution in [0.2, 0.25) is 0 Å². The van der Waals surface area contributed by atoms with Crippen molar-refractivity contribution in [2.24, 2.45) is 0 Å². The van der Waals surface area contributed by atoms with Gasteiger partial charge >= 0.3 is 0 Å². The number of H-pyrrole nitrogens is 1. The summed E-state index contributed by atoms with van der Waals surface area (Å²) in [5.41, 5.74) is 5.70. The van der Waals surface area contributed by atoms with Crippen molar-refractivity contribution in [1.29, 1.82) is 5.26 Å². The van der Waals surface area contributed by atoms with Crippen LogP contribution < -0.4 is 0 Å². The second-order valence-electron chi connectivity index (χ2n) is 9.13. The molecule has 2 aromatic carbocycles. The highest BCUT2D eigenvalue weighted by Crippen LogP contribution is 2.30. The number of aromatic nitrogens is 2. The van der Waals surface area contributed by atoms with E-state index in [-0.39, 0.29) is 11.8 Å². The van der Waals surface area contributed by atoms with Crippen molar-refractivity contribution in [3.63, 3.8) is 0 Å². The van der Waals surface area contributed by atoms with E-state index in [9.17, 15) is 9.59 Å². The van der Waals surface area contributed by atoms with Crippen LogP contribution in [0.25, 0.3) is 11.4 Å². The highest BCUT2D eigenvalue weighted by atomic mass is 16.2. The number of nitrogens with one attached hydrogen (secondary N) is 1. The maximum Gasteiger partial charge on any atom is 0.271 e. The van der Waals surface area contributed by atoms with E-state index in [0.717, 1.165) is 29.5 Å². The van der Waals surface area contributed by atoms with E-state index in [2.05, 4.69) is 16.0 Å². The summed E-state index contributed by atoms with van der Waals surface area (Å²) >= 11 is 0. The average molecular weight is 456 g/mol. The van der Waals surface area contributed by atoms with Crippen LogP contribution in [0.3, 0.4) is 0 Å². The Morgan fingerprint density at radius 2 is 1.76 bits per heavy atom. The van der Waals surface area contributed by atoms with Crippen molar-refractivity contribution in [3.8, 4) is 17.5 Å². The zero-order valence-electron chi connectivity index (χ0n) is 20.1. The molecule has 0 saturated carbocycles. The van der Waals surface area contributed by atoms with Crippen LogP contribution in [0, 0.1) is 25.2 Å². The molecule has 2 heterocycles. The predicted octanol–water partition coefficient (Wildman–Crippen LogP) is 4.29. The zero-order chi connectivity index (χ0) is 24.4. The van der Waals surface area contributed by atoms with Crippen LogP contribution in [0.15, 0.2) is 42.6 Å². The number of aromatic amines is 1. The summed E-state index contributed by atoms with van der Waals surface area (Å²) in [6.07, 6.45) is 3.32. The van der Waals surface area contributed by atoms with Crippen molar-refractivity contribution < 1.29 is 9.59 Å². The molecule has 0 spiro atoms. The summed E-state index contributed by atoms with van der Waals surface area (Å²) in [6.45, 7) is 5.31. The molecule has 0 bridgehead atoms. The quantitative estimate of drug-likeness (QED) is 0.635. The minimum absolute atomic E-state index is 0.0215. The number of carbonyl (C=O) groups is 2. The zero-order valence-corrected chi connectivity index (χ0v) is 20.1. The molecule has 7 nitrogen and oxygen atoms in total. The normalized spacial score (nSPS) is 14.0. The fourth-order valence-corrected chi connectivity index (χ4v) is 4.56. The Bertz CT molecular complexity index is 1260. The Hall–Kier alpha value is -3.92. The largest absolute Gasteiger partial charge is 0.343 e. The Kier molecular flexibility index (Phi) is 6.51. The average Bonchev–Trinajstić information content (AvgIpc) is 3.33. The topological polar surface area (TPSA) is 93.1 Å². The van der Waals surface area contributed by atoms with Crippen molar-refractivity contribution in [2.45, 2.75) is 32.6 Å². The number of carbonyl (C=O) groups excluding carboxylic acids is 2. The third-order valence-corrected chi connectivity index (χ3v) is 6.56. The van der Waals surface area contributed by atoms with Crippen molar-refractivity contribution in [2.75, 3.05) is 27.2 Å². The number of rotatable bonds is 4. The van der Waals surface area contributed by atoms with Gasteiger partial charge in [-0.25, -0.2) is 4.98 Å². The molecule has 7 heteroatoms. The summed E-state index contributed by atoms with van der Waals surface area (Å²) < 4.78 is 0. The first-order chi connectivity index (χ1) is 16.3. The molecule has 0 atom stereocenters. The lowest BCUT2D eigenvalue weighted by atomic mass is 9.88. The number of likely N-dealkylation sites (tertiary alicyclic amines) is 1. The first-order valence-electron chi connectivity index (χ1n) is 11.5. The lowest BCUT2D eigenvalue weighted by Crippen LogP contribution is -2.38. The summed E-state index contributed by atoms with van der Waals surface area (Å²) in [4.78, 5) is 36.6. The maximum absolute atomic E-state index is 13.4. The van der Waals surface area contributed by atoms with Gasteiger partial charge in [-0.3, -0.25) is 9.59 Å². The lowest BCUT2D eigenvalue weighted by molar-refractivity contribution is 0.0712. The third kappa shape index (κ3) is 4.58. The van der Waals surface area contributed by atoms with E-state index in [1.165, 1.54) is 16.7 Å². The molecule has 0 unspecified atom stereocenters. The van der Waals surface area contributed by atoms with Crippen molar-refractivity contribution >= 4 is 11.8 Å². The number of nitriles is 1. The Balaban J connectivity index is 1.51.